The lowest BCUT2D eigenvalue weighted by molar-refractivity contribution is 1.33. The molecule has 2 rings (SSSR count). The number of anilines is 1. The van der Waals surface area contributed by atoms with Crippen molar-refractivity contribution in [2.24, 2.45) is 5.10 Å². The van der Waals surface area contributed by atoms with Gasteiger partial charge in [0.15, 0.2) is 0 Å². The monoisotopic (exact) mass is 258 g/mol. The van der Waals surface area contributed by atoms with E-state index in [-0.39, 0.29) is 0 Å². The van der Waals surface area contributed by atoms with E-state index < -0.39 is 0 Å². The van der Waals surface area contributed by atoms with Crippen LogP contribution in [-0.2, 0) is 0 Å². The predicted octanol–water partition coefficient (Wildman–Crippen LogP) is 4.40. The summed E-state index contributed by atoms with van der Waals surface area (Å²) in [5.74, 6) is 0. The maximum atomic E-state index is 6.04. The Balaban J connectivity index is 2.02. The Morgan fingerprint density at radius 2 is 1.78 bits per heavy atom. The van der Waals surface area contributed by atoms with Crippen LogP contribution in [0.4, 0.5) is 5.69 Å². The molecule has 2 aromatic rings. The van der Waals surface area contributed by atoms with E-state index in [4.69, 9.17) is 11.6 Å². The highest BCUT2D eigenvalue weighted by Crippen LogP contribution is 2.19. The summed E-state index contributed by atoms with van der Waals surface area (Å²) >= 11 is 6.04. The molecule has 0 heterocycles. The van der Waals surface area contributed by atoms with E-state index in [2.05, 4.69) is 29.6 Å². The number of hydrogen-bond donors (Lipinski definition) is 1. The Kier molecular flexibility index (Phi) is 4.00. The topological polar surface area (TPSA) is 24.4 Å². The lowest BCUT2D eigenvalue weighted by Gasteiger charge is -2.02. The van der Waals surface area contributed by atoms with E-state index in [0.717, 1.165) is 21.8 Å². The van der Waals surface area contributed by atoms with Gasteiger partial charge in [0.05, 0.1) is 11.9 Å². The third kappa shape index (κ3) is 3.34. The summed E-state index contributed by atoms with van der Waals surface area (Å²) in [6, 6.07) is 14.0. The molecule has 0 unspecified atom stereocenters. The lowest BCUT2D eigenvalue weighted by Crippen LogP contribution is -1.91. The molecule has 0 saturated carbocycles. The Hall–Kier alpha value is -1.80. The van der Waals surface area contributed by atoms with Crippen LogP contribution in [0.1, 0.15) is 16.7 Å². The summed E-state index contributed by atoms with van der Waals surface area (Å²) in [5, 5.41) is 4.92. The van der Waals surface area contributed by atoms with Gasteiger partial charge in [-0.25, -0.2) is 0 Å². The zero-order valence-electron chi connectivity index (χ0n) is 10.4. The van der Waals surface area contributed by atoms with Gasteiger partial charge in [-0.2, -0.15) is 5.10 Å². The molecule has 0 saturated heterocycles. The second-order valence-corrected chi connectivity index (χ2v) is 4.65. The van der Waals surface area contributed by atoms with Crippen LogP contribution in [0, 0.1) is 13.8 Å². The highest BCUT2D eigenvalue weighted by Gasteiger charge is 1.95. The number of benzene rings is 2. The van der Waals surface area contributed by atoms with Crippen molar-refractivity contribution < 1.29 is 0 Å². The fourth-order valence-corrected chi connectivity index (χ4v) is 1.68. The molecule has 0 radical (unpaired) electrons. The molecule has 18 heavy (non-hydrogen) atoms. The second-order valence-electron chi connectivity index (χ2n) is 4.24. The minimum Gasteiger partial charge on any atom is -0.278 e. The molecule has 0 aliphatic rings. The van der Waals surface area contributed by atoms with Crippen LogP contribution in [0.3, 0.4) is 0 Å². The first-order valence-electron chi connectivity index (χ1n) is 5.77. The fourth-order valence-electron chi connectivity index (χ4n) is 1.50. The number of aryl methyl sites for hydroxylation is 2. The number of nitrogens with one attached hydrogen (secondary N) is 1. The summed E-state index contributed by atoms with van der Waals surface area (Å²) < 4.78 is 0. The highest BCUT2D eigenvalue weighted by atomic mass is 35.5. The number of hydrogen-bond acceptors (Lipinski definition) is 2. The van der Waals surface area contributed by atoms with Gasteiger partial charge in [-0.05, 0) is 37.1 Å². The summed E-state index contributed by atoms with van der Waals surface area (Å²) in [5.41, 5.74) is 7.21. The first-order valence-corrected chi connectivity index (χ1v) is 6.15. The van der Waals surface area contributed by atoms with E-state index in [0.29, 0.717) is 0 Å². The number of rotatable bonds is 3. The van der Waals surface area contributed by atoms with Crippen LogP contribution in [0.15, 0.2) is 47.6 Å². The van der Waals surface area contributed by atoms with Crippen molar-refractivity contribution in [1.29, 1.82) is 0 Å². The smallest absolute Gasteiger partial charge is 0.0576 e. The first kappa shape index (κ1) is 12.7. The van der Waals surface area contributed by atoms with Crippen molar-refractivity contribution in [3.05, 3.63) is 64.2 Å². The van der Waals surface area contributed by atoms with Crippen molar-refractivity contribution in [2.45, 2.75) is 13.8 Å². The predicted molar refractivity (Wildman–Crippen MR) is 78.6 cm³/mol. The molecule has 0 amide bonds. The van der Waals surface area contributed by atoms with Gasteiger partial charge in [-0.1, -0.05) is 47.5 Å². The van der Waals surface area contributed by atoms with Crippen LogP contribution >= 0.6 is 11.6 Å². The van der Waals surface area contributed by atoms with E-state index in [1.54, 1.807) is 6.21 Å². The van der Waals surface area contributed by atoms with Gasteiger partial charge >= 0.3 is 0 Å². The number of halogens is 1. The molecule has 0 aliphatic heterocycles. The quantitative estimate of drug-likeness (QED) is 0.640. The maximum absolute atomic E-state index is 6.04. The third-order valence-electron chi connectivity index (χ3n) is 2.66. The molecule has 92 valence electrons. The number of hydrazone groups is 1. The normalized spacial score (nSPS) is 10.8. The van der Waals surface area contributed by atoms with Gasteiger partial charge in [0.2, 0.25) is 0 Å². The van der Waals surface area contributed by atoms with Crippen LogP contribution in [-0.4, -0.2) is 6.21 Å². The van der Waals surface area contributed by atoms with E-state index in [1.807, 2.05) is 37.3 Å². The van der Waals surface area contributed by atoms with Crippen molar-refractivity contribution in [1.82, 2.24) is 0 Å². The Labute approximate surface area is 112 Å². The molecule has 0 aliphatic carbocycles. The zero-order valence-corrected chi connectivity index (χ0v) is 11.2. The van der Waals surface area contributed by atoms with Gasteiger partial charge in [-0.3, -0.25) is 5.43 Å². The van der Waals surface area contributed by atoms with E-state index >= 15 is 0 Å². The molecule has 0 atom stereocenters. The van der Waals surface area contributed by atoms with E-state index in [1.165, 1.54) is 5.56 Å². The van der Waals surface area contributed by atoms with Crippen molar-refractivity contribution in [3.8, 4) is 0 Å². The minimum absolute atomic E-state index is 0.741. The lowest BCUT2D eigenvalue weighted by atomic mass is 10.2. The van der Waals surface area contributed by atoms with Gasteiger partial charge in [-0.15, -0.1) is 0 Å². The average Bonchev–Trinajstić information content (AvgIpc) is 2.36. The molecular weight excluding hydrogens is 244 g/mol. The summed E-state index contributed by atoms with van der Waals surface area (Å²) in [6.07, 6.45) is 1.78. The standard InChI is InChI=1S/C15H15ClN2/c1-11-3-6-13(7-4-11)10-17-18-14-8-5-12(2)15(16)9-14/h3-10,18H,1-2H3/b17-10-. The van der Waals surface area contributed by atoms with Gasteiger partial charge in [0.1, 0.15) is 0 Å². The van der Waals surface area contributed by atoms with Crippen molar-refractivity contribution in [2.75, 3.05) is 5.43 Å². The zero-order chi connectivity index (χ0) is 13.0. The van der Waals surface area contributed by atoms with Crippen LogP contribution in [0.5, 0.6) is 0 Å². The minimum atomic E-state index is 0.741. The Bertz CT molecular complexity index is 559. The maximum Gasteiger partial charge on any atom is 0.0576 e. The van der Waals surface area contributed by atoms with Crippen molar-refractivity contribution >= 4 is 23.5 Å². The van der Waals surface area contributed by atoms with Crippen LogP contribution in [0.2, 0.25) is 5.02 Å². The summed E-state index contributed by atoms with van der Waals surface area (Å²) in [6.45, 7) is 4.04. The molecule has 0 aromatic heterocycles. The van der Waals surface area contributed by atoms with Gasteiger partial charge in [0, 0.05) is 5.02 Å². The molecule has 0 bridgehead atoms. The largest absolute Gasteiger partial charge is 0.278 e. The molecule has 1 N–H and O–H groups in total. The molecule has 2 aromatic carbocycles. The molecule has 0 spiro atoms. The molecule has 2 nitrogen and oxygen atoms in total. The summed E-state index contributed by atoms with van der Waals surface area (Å²) in [7, 11) is 0. The number of nitrogens with zero attached hydrogens (tertiary/aromatic N) is 1. The fraction of sp³-hybridized carbons (Fsp3) is 0.133. The highest BCUT2D eigenvalue weighted by molar-refractivity contribution is 6.31. The SMILES string of the molecule is Cc1ccc(/C=N\Nc2ccc(C)c(Cl)c2)cc1. The van der Waals surface area contributed by atoms with E-state index in [9.17, 15) is 0 Å². The first-order chi connectivity index (χ1) is 8.65. The van der Waals surface area contributed by atoms with Gasteiger partial charge in [0.25, 0.3) is 0 Å². The van der Waals surface area contributed by atoms with Crippen LogP contribution < -0.4 is 5.43 Å². The Morgan fingerprint density at radius 1 is 1.06 bits per heavy atom. The second kappa shape index (κ2) is 5.69. The average molecular weight is 259 g/mol. The molecule has 0 fully saturated rings. The molecule has 3 heteroatoms. The Morgan fingerprint density at radius 3 is 2.44 bits per heavy atom. The van der Waals surface area contributed by atoms with Gasteiger partial charge < -0.3 is 0 Å². The van der Waals surface area contributed by atoms with Crippen molar-refractivity contribution in [3.63, 3.8) is 0 Å². The third-order valence-corrected chi connectivity index (χ3v) is 3.06. The summed E-state index contributed by atoms with van der Waals surface area (Å²) in [4.78, 5) is 0. The van der Waals surface area contributed by atoms with Crippen LogP contribution in [0.25, 0.3) is 0 Å². The molecular formula is C15H15ClN2.